The molecule has 0 aliphatic heterocycles. The molecule has 0 saturated heterocycles. The van der Waals surface area contributed by atoms with Crippen LogP contribution in [-0.2, 0) is 0 Å². The molecule has 38 heavy (non-hydrogen) atoms. The summed E-state index contributed by atoms with van der Waals surface area (Å²) in [5, 5.41) is 1.01. The molecular formula is C33H21N5. The molecule has 5 heteroatoms. The van der Waals surface area contributed by atoms with E-state index in [-0.39, 0.29) is 0 Å². The Morgan fingerprint density at radius 1 is 0.474 bits per heavy atom. The molecule has 0 saturated carbocycles. The summed E-state index contributed by atoms with van der Waals surface area (Å²) in [6.07, 6.45) is 1.88. The van der Waals surface area contributed by atoms with Crippen molar-refractivity contribution < 1.29 is 0 Å². The van der Waals surface area contributed by atoms with Gasteiger partial charge in [0, 0.05) is 11.6 Å². The first kappa shape index (κ1) is 20.9. The third kappa shape index (κ3) is 3.15. The Kier molecular flexibility index (Phi) is 4.45. The minimum Gasteiger partial charge on any atom is -0.276 e. The molecule has 0 unspecified atom stereocenters. The van der Waals surface area contributed by atoms with Crippen molar-refractivity contribution in [2.24, 2.45) is 0 Å². The molecule has 0 fully saturated rings. The highest BCUT2D eigenvalue weighted by molar-refractivity contribution is 5.94. The molecule has 0 atom stereocenters. The van der Waals surface area contributed by atoms with Crippen LogP contribution in [0, 0.1) is 0 Å². The van der Waals surface area contributed by atoms with Gasteiger partial charge < -0.3 is 0 Å². The number of fused-ring (bicyclic) bond motifs is 6. The van der Waals surface area contributed by atoms with Gasteiger partial charge in [0.05, 0.1) is 27.6 Å². The molecule has 3 aromatic heterocycles. The van der Waals surface area contributed by atoms with E-state index in [0.717, 1.165) is 44.3 Å². The van der Waals surface area contributed by atoms with Gasteiger partial charge in [-0.25, -0.2) is 19.5 Å². The summed E-state index contributed by atoms with van der Waals surface area (Å²) in [7, 11) is 0. The molecular weight excluding hydrogens is 466 g/mol. The van der Waals surface area contributed by atoms with Gasteiger partial charge >= 0.3 is 0 Å². The summed E-state index contributed by atoms with van der Waals surface area (Å²) in [5.41, 5.74) is 9.72. The molecule has 3 heterocycles. The fraction of sp³-hybridized carbons (Fsp3) is 0. The van der Waals surface area contributed by atoms with Gasteiger partial charge in [-0.3, -0.25) is 4.40 Å². The molecule has 0 radical (unpaired) electrons. The Balaban J connectivity index is 1.35. The number of aromatic nitrogens is 5. The van der Waals surface area contributed by atoms with Crippen LogP contribution < -0.4 is 0 Å². The monoisotopic (exact) mass is 487 g/mol. The van der Waals surface area contributed by atoms with Crippen molar-refractivity contribution >= 4 is 38.7 Å². The molecule has 0 aliphatic rings. The zero-order valence-electron chi connectivity index (χ0n) is 20.4. The normalized spacial score (nSPS) is 11.7. The van der Waals surface area contributed by atoms with Crippen LogP contribution >= 0.6 is 0 Å². The second kappa shape index (κ2) is 8.11. The third-order valence-corrected chi connectivity index (χ3v) is 7.20. The van der Waals surface area contributed by atoms with E-state index in [1.54, 1.807) is 0 Å². The Bertz CT molecular complexity index is 2120. The standard InChI is InChI=1S/C33H21N5/c1-2-8-22(9-3-1)23-14-16-24(17-15-23)25-18-19-30-31(20-25)37-29-13-7-6-12-28(29)36-33(37)38(30)32-34-21-26-10-4-5-11-27(26)35-32/h1-21H. The van der Waals surface area contributed by atoms with Gasteiger partial charge in [0.15, 0.2) is 0 Å². The summed E-state index contributed by atoms with van der Waals surface area (Å²) in [6, 6.07) is 42.1. The van der Waals surface area contributed by atoms with Crippen molar-refractivity contribution in [3.05, 3.63) is 128 Å². The fourth-order valence-corrected chi connectivity index (χ4v) is 5.33. The minimum absolute atomic E-state index is 0.610. The predicted molar refractivity (Wildman–Crippen MR) is 153 cm³/mol. The first-order valence-electron chi connectivity index (χ1n) is 12.6. The van der Waals surface area contributed by atoms with Crippen LogP contribution in [0.2, 0.25) is 0 Å². The number of imidazole rings is 2. The van der Waals surface area contributed by atoms with E-state index in [4.69, 9.17) is 15.0 Å². The summed E-state index contributed by atoms with van der Waals surface area (Å²) in [6.45, 7) is 0. The zero-order chi connectivity index (χ0) is 25.1. The van der Waals surface area contributed by atoms with Crippen molar-refractivity contribution in [2.75, 3.05) is 0 Å². The van der Waals surface area contributed by atoms with E-state index in [1.165, 1.54) is 16.7 Å². The van der Waals surface area contributed by atoms with Crippen LogP contribution in [-0.4, -0.2) is 23.9 Å². The maximum Gasteiger partial charge on any atom is 0.237 e. The lowest BCUT2D eigenvalue weighted by Gasteiger charge is -2.07. The largest absolute Gasteiger partial charge is 0.276 e. The van der Waals surface area contributed by atoms with E-state index in [1.807, 2.05) is 48.7 Å². The molecule has 0 bridgehead atoms. The Labute approximate surface area is 218 Å². The molecule has 5 aromatic carbocycles. The zero-order valence-corrected chi connectivity index (χ0v) is 20.4. The first-order chi connectivity index (χ1) is 18.8. The van der Waals surface area contributed by atoms with E-state index < -0.39 is 0 Å². The van der Waals surface area contributed by atoms with Crippen molar-refractivity contribution in [1.29, 1.82) is 0 Å². The van der Waals surface area contributed by atoms with Crippen molar-refractivity contribution in [2.45, 2.75) is 0 Å². The lowest BCUT2D eigenvalue weighted by Crippen LogP contribution is -2.01. The molecule has 178 valence electrons. The molecule has 0 aliphatic carbocycles. The van der Waals surface area contributed by atoms with Gasteiger partial charge in [-0.15, -0.1) is 0 Å². The van der Waals surface area contributed by atoms with Crippen molar-refractivity contribution in [1.82, 2.24) is 23.9 Å². The second-order valence-corrected chi connectivity index (χ2v) is 9.45. The minimum atomic E-state index is 0.610. The first-order valence-corrected chi connectivity index (χ1v) is 12.6. The number of benzene rings is 5. The smallest absolute Gasteiger partial charge is 0.237 e. The van der Waals surface area contributed by atoms with Gasteiger partial charge in [-0.05, 0) is 52.6 Å². The van der Waals surface area contributed by atoms with Gasteiger partial charge in [0.1, 0.15) is 0 Å². The van der Waals surface area contributed by atoms with Gasteiger partial charge in [0.25, 0.3) is 0 Å². The second-order valence-electron chi connectivity index (χ2n) is 9.45. The summed E-state index contributed by atoms with van der Waals surface area (Å²) in [4.78, 5) is 14.6. The van der Waals surface area contributed by atoms with Crippen molar-refractivity contribution in [3.63, 3.8) is 0 Å². The van der Waals surface area contributed by atoms with Gasteiger partial charge in [-0.1, -0.05) is 91.0 Å². The summed E-state index contributed by atoms with van der Waals surface area (Å²) < 4.78 is 4.27. The number of hydrogen-bond acceptors (Lipinski definition) is 3. The molecule has 8 aromatic rings. The van der Waals surface area contributed by atoms with Crippen LogP contribution in [0.25, 0.3) is 66.9 Å². The maximum absolute atomic E-state index is 5.00. The molecule has 8 rings (SSSR count). The van der Waals surface area contributed by atoms with E-state index in [2.05, 4.69) is 87.8 Å². The number of para-hydroxylation sites is 3. The number of rotatable bonds is 3. The van der Waals surface area contributed by atoms with Gasteiger partial charge in [-0.2, -0.15) is 0 Å². The molecule has 5 nitrogen and oxygen atoms in total. The Morgan fingerprint density at radius 3 is 1.97 bits per heavy atom. The average molecular weight is 488 g/mol. The molecule has 0 N–H and O–H groups in total. The SMILES string of the molecule is c1ccc(-c2ccc(-c3ccc4c(c3)n3c5ccccc5nc3n4-c3ncc4ccccc4n3)cc2)cc1. The van der Waals surface area contributed by atoms with E-state index in [0.29, 0.717) is 5.95 Å². The predicted octanol–water partition coefficient (Wildman–Crippen LogP) is 7.71. The van der Waals surface area contributed by atoms with E-state index >= 15 is 0 Å². The van der Waals surface area contributed by atoms with Crippen LogP contribution in [0.1, 0.15) is 0 Å². The lowest BCUT2D eigenvalue weighted by molar-refractivity contribution is 0.984. The molecule has 0 amide bonds. The Morgan fingerprint density at radius 2 is 1.13 bits per heavy atom. The average Bonchev–Trinajstić information content (AvgIpc) is 3.52. The van der Waals surface area contributed by atoms with Crippen LogP contribution in [0.15, 0.2) is 128 Å². The summed E-state index contributed by atoms with van der Waals surface area (Å²) in [5.74, 6) is 1.41. The number of nitrogens with zero attached hydrogens (tertiary/aromatic N) is 5. The quantitative estimate of drug-likeness (QED) is 0.256. The lowest BCUT2D eigenvalue weighted by atomic mass is 10.00. The topological polar surface area (TPSA) is 48.0 Å². The highest BCUT2D eigenvalue weighted by Gasteiger charge is 2.19. The van der Waals surface area contributed by atoms with E-state index in [9.17, 15) is 0 Å². The molecule has 0 spiro atoms. The number of hydrogen-bond donors (Lipinski definition) is 0. The van der Waals surface area contributed by atoms with Crippen molar-refractivity contribution in [3.8, 4) is 28.2 Å². The van der Waals surface area contributed by atoms with Crippen LogP contribution in [0.4, 0.5) is 0 Å². The third-order valence-electron chi connectivity index (χ3n) is 7.20. The van der Waals surface area contributed by atoms with Crippen LogP contribution in [0.3, 0.4) is 0 Å². The Hall–Kier alpha value is -5.29. The maximum atomic E-state index is 5.00. The summed E-state index contributed by atoms with van der Waals surface area (Å²) >= 11 is 0. The fourth-order valence-electron chi connectivity index (χ4n) is 5.33. The van der Waals surface area contributed by atoms with Gasteiger partial charge in [0.2, 0.25) is 11.7 Å². The van der Waals surface area contributed by atoms with Crippen LogP contribution in [0.5, 0.6) is 0 Å². The highest BCUT2D eigenvalue weighted by Crippen LogP contribution is 2.32. The highest BCUT2D eigenvalue weighted by atomic mass is 15.3.